The van der Waals surface area contributed by atoms with Crippen LogP contribution in [0.5, 0.6) is 0 Å². The summed E-state index contributed by atoms with van der Waals surface area (Å²) in [7, 11) is 0. The molecule has 0 spiro atoms. The fourth-order valence-electron chi connectivity index (χ4n) is 2.29. The zero-order valence-corrected chi connectivity index (χ0v) is 9.91. The maximum Gasteiger partial charge on any atom is 0.417 e. The third kappa shape index (κ3) is 2.16. The Kier molecular flexibility index (Phi) is 3.12. The molecule has 1 aromatic rings. The second-order valence-corrected chi connectivity index (χ2v) is 4.94. The number of rotatable bonds is 2. The number of alkyl halides is 3. The number of hydrogen-bond acceptors (Lipinski definition) is 1. The predicted octanol–water partition coefficient (Wildman–Crippen LogP) is 3.74. The monoisotopic (exact) mass is 263 g/mol. The molecule has 0 aromatic heterocycles. The third-order valence-electron chi connectivity index (χ3n) is 3.59. The molecule has 1 saturated carbocycles. The van der Waals surface area contributed by atoms with E-state index in [1.807, 2.05) is 0 Å². The van der Waals surface area contributed by atoms with Crippen molar-refractivity contribution >= 4 is 11.6 Å². The minimum absolute atomic E-state index is 0.159. The van der Waals surface area contributed by atoms with E-state index >= 15 is 0 Å². The average molecular weight is 264 g/mol. The molecule has 0 aliphatic heterocycles. The highest BCUT2D eigenvalue weighted by Gasteiger charge is 2.39. The minimum Gasteiger partial charge on any atom is -0.330 e. The molecule has 5 heteroatoms. The van der Waals surface area contributed by atoms with Gasteiger partial charge in [-0.15, -0.1) is 0 Å². The van der Waals surface area contributed by atoms with Crippen molar-refractivity contribution in [1.29, 1.82) is 0 Å². The zero-order valence-electron chi connectivity index (χ0n) is 9.15. The second kappa shape index (κ2) is 4.18. The van der Waals surface area contributed by atoms with Gasteiger partial charge in [0.1, 0.15) is 0 Å². The Morgan fingerprint density at radius 1 is 1.29 bits per heavy atom. The first kappa shape index (κ1) is 12.7. The molecular weight excluding hydrogens is 251 g/mol. The van der Waals surface area contributed by atoms with Crippen LogP contribution in [0.3, 0.4) is 0 Å². The van der Waals surface area contributed by atoms with E-state index in [9.17, 15) is 13.2 Å². The van der Waals surface area contributed by atoms with Crippen molar-refractivity contribution in [2.45, 2.75) is 30.9 Å². The van der Waals surface area contributed by atoms with Crippen LogP contribution in [-0.4, -0.2) is 6.54 Å². The van der Waals surface area contributed by atoms with Gasteiger partial charge in [0.2, 0.25) is 0 Å². The predicted molar refractivity (Wildman–Crippen MR) is 61.0 cm³/mol. The molecule has 1 aliphatic rings. The van der Waals surface area contributed by atoms with E-state index in [4.69, 9.17) is 17.3 Å². The van der Waals surface area contributed by atoms with Crippen molar-refractivity contribution in [2.24, 2.45) is 5.73 Å². The molecule has 1 nitrogen and oxygen atoms in total. The van der Waals surface area contributed by atoms with Crippen LogP contribution in [0, 0.1) is 0 Å². The summed E-state index contributed by atoms with van der Waals surface area (Å²) in [5, 5.41) is -0.241. The molecule has 0 unspecified atom stereocenters. The first-order chi connectivity index (χ1) is 7.89. The van der Waals surface area contributed by atoms with Crippen molar-refractivity contribution in [1.82, 2.24) is 0 Å². The fraction of sp³-hybridized carbons (Fsp3) is 0.500. The topological polar surface area (TPSA) is 26.0 Å². The highest BCUT2D eigenvalue weighted by Crippen LogP contribution is 2.45. The van der Waals surface area contributed by atoms with Crippen molar-refractivity contribution in [3.63, 3.8) is 0 Å². The highest BCUT2D eigenvalue weighted by molar-refractivity contribution is 6.31. The van der Waals surface area contributed by atoms with Crippen LogP contribution in [-0.2, 0) is 11.6 Å². The Balaban J connectivity index is 2.37. The van der Waals surface area contributed by atoms with Gasteiger partial charge in [0.25, 0.3) is 0 Å². The van der Waals surface area contributed by atoms with E-state index in [1.54, 1.807) is 0 Å². The van der Waals surface area contributed by atoms with Crippen molar-refractivity contribution in [3.05, 3.63) is 34.3 Å². The third-order valence-corrected chi connectivity index (χ3v) is 3.90. The molecule has 1 aromatic carbocycles. The van der Waals surface area contributed by atoms with E-state index in [0.29, 0.717) is 6.54 Å². The summed E-state index contributed by atoms with van der Waals surface area (Å²) in [6.45, 7) is 0.453. The van der Waals surface area contributed by atoms with Gasteiger partial charge in [-0.25, -0.2) is 0 Å². The highest BCUT2D eigenvalue weighted by atomic mass is 35.5. The summed E-state index contributed by atoms with van der Waals surface area (Å²) in [6.07, 6.45) is -1.49. The Labute approximate surface area is 103 Å². The normalized spacial score (nSPS) is 18.9. The summed E-state index contributed by atoms with van der Waals surface area (Å²) >= 11 is 5.70. The van der Waals surface area contributed by atoms with Gasteiger partial charge in [0.15, 0.2) is 0 Å². The molecule has 94 valence electrons. The molecule has 0 heterocycles. The number of nitrogens with two attached hydrogens (primary N) is 1. The Bertz CT molecular complexity index is 419. The molecule has 0 atom stereocenters. The summed E-state index contributed by atoms with van der Waals surface area (Å²) in [5.41, 5.74) is 5.59. The molecular formula is C12H13ClF3N. The standard InChI is InChI=1S/C12H13ClF3N/c13-10-6-8(11(7-17)4-1-5-11)2-3-9(10)12(14,15)16/h2-3,6H,1,4-5,7,17H2. The van der Waals surface area contributed by atoms with Crippen molar-refractivity contribution < 1.29 is 13.2 Å². The first-order valence-electron chi connectivity index (χ1n) is 5.46. The molecule has 0 saturated heterocycles. The van der Waals surface area contributed by atoms with Gasteiger partial charge in [0.05, 0.1) is 10.6 Å². The van der Waals surface area contributed by atoms with Gasteiger partial charge in [-0.1, -0.05) is 24.1 Å². The Morgan fingerprint density at radius 3 is 2.29 bits per heavy atom. The van der Waals surface area contributed by atoms with Crippen LogP contribution in [0.1, 0.15) is 30.4 Å². The van der Waals surface area contributed by atoms with Gasteiger partial charge >= 0.3 is 6.18 Å². The van der Waals surface area contributed by atoms with E-state index in [2.05, 4.69) is 0 Å². The fourth-order valence-corrected chi connectivity index (χ4v) is 2.58. The molecule has 17 heavy (non-hydrogen) atoms. The lowest BCUT2D eigenvalue weighted by Gasteiger charge is -2.41. The summed E-state index contributed by atoms with van der Waals surface area (Å²) in [5.74, 6) is 0. The minimum atomic E-state index is -4.40. The maximum atomic E-state index is 12.5. The summed E-state index contributed by atoms with van der Waals surface area (Å²) in [4.78, 5) is 0. The maximum absolute atomic E-state index is 12.5. The van der Waals surface area contributed by atoms with Crippen LogP contribution in [0.4, 0.5) is 13.2 Å². The lowest BCUT2D eigenvalue weighted by Crippen LogP contribution is -2.41. The zero-order chi connectivity index (χ0) is 12.7. The van der Waals surface area contributed by atoms with Crippen LogP contribution >= 0.6 is 11.6 Å². The quantitative estimate of drug-likeness (QED) is 0.864. The number of benzene rings is 1. The largest absolute Gasteiger partial charge is 0.417 e. The van der Waals surface area contributed by atoms with Crippen molar-refractivity contribution in [3.8, 4) is 0 Å². The van der Waals surface area contributed by atoms with Crippen LogP contribution in [0.25, 0.3) is 0 Å². The second-order valence-electron chi connectivity index (χ2n) is 4.53. The SMILES string of the molecule is NCC1(c2ccc(C(F)(F)F)c(Cl)c2)CCC1. The summed E-state index contributed by atoms with van der Waals surface area (Å²) in [6, 6.07) is 3.96. The van der Waals surface area contributed by atoms with Crippen LogP contribution in [0.15, 0.2) is 18.2 Å². The van der Waals surface area contributed by atoms with E-state index in [-0.39, 0.29) is 10.4 Å². The molecule has 1 aliphatic carbocycles. The van der Waals surface area contributed by atoms with Gasteiger partial charge in [-0.2, -0.15) is 13.2 Å². The van der Waals surface area contributed by atoms with E-state index in [0.717, 1.165) is 30.9 Å². The average Bonchev–Trinajstić information content (AvgIpc) is 2.14. The molecule has 0 amide bonds. The van der Waals surface area contributed by atoms with Gasteiger partial charge < -0.3 is 5.73 Å². The molecule has 0 radical (unpaired) electrons. The molecule has 1 fully saturated rings. The van der Waals surface area contributed by atoms with Gasteiger partial charge in [-0.05, 0) is 30.5 Å². The molecule has 0 bridgehead atoms. The summed E-state index contributed by atoms with van der Waals surface area (Å²) < 4.78 is 37.6. The lowest BCUT2D eigenvalue weighted by atomic mass is 9.64. The smallest absolute Gasteiger partial charge is 0.330 e. The van der Waals surface area contributed by atoms with Gasteiger partial charge in [-0.3, -0.25) is 0 Å². The Morgan fingerprint density at radius 2 is 1.94 bits per heavy atom. The molecule has 2 rings (SSSR count). The molecule has 2 N–H and O–H groups in total. The van der Waals surface area contributed by atoms with Crippen molar-refractivity contribution in [2.75, 3.05) is 6.54 Å². The lowest BCUT2D eigenvalue weighted by molar-refractivity contribution is -0.137. The number of halogens is 4. The Hall–Kier alpha value is -0.740. The number of hydrogen-bond donors (Lipinski definition) is 1. The van der Waals surface area contributed by atoms with E-state index < -0.39 is 11.7 Å². The first-order valence-corrected chi connectivity index (χ1v) is 5.84. The van der Waals surface area contributed by atoms with Crippen LogP contribution in [0.2, 0.25) is 5.02 Å². The van der Waals surface area contributed by atoms with E-state index in [1.165, 1.54) is 12.1 Å². The van der Waals surface area contributed by atoms with Gasteiger partial charge in [0, 0.05) is 12.0 Å². The van der Waals surface area contributed by atoms with Crippen LogP contribution < -0.4 is 5.73 Å².